The van der Waals surface area contributed by atoms with Gasteiger partial charge in [0.15, 0.2) is 49.2 Å². The fraction of sp³-hybridized carbons (Fsp3) is 0.968. The van der Waals surface area contributed by atoms with Crippen LogP contribution in [0.3, 0.4) is 0 Å². The van der Waals surface area contributed by atoms with Crippen molar-refractivity contribution in [2.24, 2.45) is 11.8 Å². The van der Waals surface area contributed by atoms with Crippen LogP contribution in [-0.2, 0) is 59.0 Å². The minimum Gasteiger partial charge on any atom is -0.301 e. The van der Waals surface area contributed by atoms with E-state index >= 15 is 0 Å². The summed E-state index contributed by atoms with van der Waals surface area (Å²) in [6, 6.07) is 0. The van der Waals surface area contributed by atoms with E-state index in [1.165, 1.54) is 309 Å². The molecule has 0 saturated carbocycles. The first-order chi connectivity index (χ1) is 45.8. The van der Waals surface area contributed by atoms with Gasteiger partial charge in [0.25, 0.3) is 0 Å². The summed E-state index contributed by atoms with van der Waals surface area (Å²) < 4.78 is 300. The fourth-order valence-electron chi connectivity index (χ4n) is 12.8. The maximum absolute atomic E-state index is 12.0. The van der Waals surface area contributed by atoms with E-state index < -0.39 is 101 Å². The molecule has 38 heteroatoms. The molecule has 0 spiro atoms. The maximum Gasteiger partial charge on any atom is 1.00 e. The summed E-state index contributed by atoms with van der Waals surface area (Å²) >= 11 is 0. The van der Waals surface area contributed by atoms with Gasteiger partial charge in [0.1, 0.15) is 0 Å². The monoisotopic (exact) mass is 1640 g/mol. The van der Waals surface area contributed by atoms with Crippen LogP contribution in [0.25, 0.3) is 0 Å². The number of sulfone groups is 6. The Hall–Kier alpha value is 0.126. The topological polar surface area (TPSA) is 235 Å². The molecule has 0 aliphatic carbocycles. The largest absolute Gasteiger partial charge is 1.00 e. The van der Waals surface area contributed by atoms with Crippen LogP contribution >= 0.6 is 0 Å². The Morgan fingerprint density at radius 2 is 0.515 bits per heavy atom. The van der Waals surface area contributed by atoms with Gasteiger partial charge in [-0.2, -0.15) is 65.9 Å². The Kier molecular flexibility index (Phi) is 51.2. The first kappa shape index (κ1) is 103. The Bertz CT molecular complexity index is 2700. The third-order valence-corrected chi connectivity index (χ3v) is 32.2. The normalized spacial score (nSPS) is 19.7. The number of fused-ring (bicyclic) bond motifs is 2. The minimum atomic E-state index is -8.02. The van der Waals surface area contributed by atoms with E-state index in [4.69, 9.17) is 0 Å². The predicted molar refractivity (Wildman–Crippen MR) is 362 cm³/mol. The van der Waals surface area contributed by atoms with Crippen LogP contribution in [0.2, 0.25) is 0 Å². The van der Waals surface area contributed by atoms with Crippen LogP contribution in [0.1, 0.15) is 291 Å². The zero-order valence-corrected chi connectivity index (χ0v) is 66.7. The third-order valence-electron chi connectivity index (χ3n) is 18.0. The van der Waals surface area contributed by atoms with Crippen LogP contribution in [0, 0.1) is 19.7 Å². The SMILES string of the molecule is C.CCCCCCCCCCCCCCCCCCC1CCCCN2CCCNC12.CCCCCCCCCCCCCCCCCCC1CCCCN2CCCNC12.CS(=O)(=O)[C-](S(=O)(=O)C(F)(F)F)S(=O)(=O)C(F)(F)F.O=S(=O)([C-](S(=O)(=O)C(F)(F)F)S(=O)(=O)C(F)(F)F)C(F)(F)F.[K+]. The van der Waals surface area contributed by atoms with Crippen molar-refractivity contribution >= 4 is 59.0 Å². The van der Waals surface area contributed by atoms with Crippen LogP contribution in [0.4, 0.5) is 65.9 Å². The Morgan fingerprint density at radius 1 is 0.317 bits per heavy atom. The summed E-state index contributed by atoms with van der Waals surface area (Å²) in [7, 11) is -44.3. The van der Waals surface area contributed by atoms with E-state index in [-0.39, 0.29) is 58.8 Å². The van der Waals surface area contributed by atoms with Crippen LogP contribution in [0.15, 0.2) is 0 Å². The predicted octanol–water partition coefficient (Wildman–Crippen LogP) is 15.3. The molecule has 4 aliphatic rings. The van der Waals surface area contributed by atoms with Crippen molar-refractivity contribution in [1.29, 1.82) is 0 Å². The van der Waals surface area contributed by atoms with Crippen molar-refractivity contribution in [2.45, 2.75) is 331 Å². The van der Waals surface area contributed by atoms with Gasteiger partial charge in [-0.15, -0.1) is 0 Å². The van der Waals surface area contributed by atoms with Gasteiger partial charge < -0.3 is 10.6 Å². The molecule has 101 heavy (non-hydrogen) atoms. The number of alkyl halides is 15. The molecule has 4 unspecified atom stereocenters. The number of halogens is 15. The van der Waals surface area contributed by atoms with Gasteiger partial charge in [-0.25, -0.2) is 0 Å². The van der Waals surface area contributed by atoms with E-state index in [9.17, 15) is 116 Å². The summed E-state index contributed by atoms with van der Waals surface area (Å²) in [6.07, 6.45) is 62.4. The van der Waals surface area contributed by atoms with Crippen molar-refractivity contribution < 1.29 is 168 Å². The molecular formula is C63H115F15KN4O12S6-. The molecule has 4 atom stereocenters. The van der Waals surface area contributed by atoms with Gasteiger partial charge in [0.2, 0.25) is 0 Å². The molecule has 0 bridgehead atoms. The molecule has 602 valence electrons. The van der Waals surface area contributed by atoms with Crippen LogP contribution < -0.4 is 62.0 Å². The van der Waals surface area contributed by atoms with E-state index in [1.54, 1.807) is 0 Å². The summed E-state index contributed by atoms with van der Waals surface area (Å²) in [5.74, 6) is 1.84. The molecule has 4 saturated heterocycles. The number of hydrogen-bond acceptors (Lipinski definition) is 16. The molecule has 0 amide bonds. The molecule has 0 aromatic rings. The Morgan fingerprint density at radius 3 is 0.723 bits per heavy atom. The number of rotatable bonds is 40. The number of unbranched alkanes of at least 4 members (excludes halogenated alkanes) is 30. The summed E-state index contributed by atoms with van der Waals surface area (Å²) in [6.45, 7) is 12.5. The number of hydrogen-bond donors (Lipinski definition) is 2. The van der Waals surface area contributed by atoms with Crippen molar-refractivity contribution in [1.82, 2.24) is 20.4 Å². The fourth-order valence-corrected chi connectivity index (χ4v) is 24.3. The van der Waals surface area contributed by atoms with Gasteiger partial charge in [-0.1, -0.05) is 240 Å². The zero-order chi connectivity index (χ0) is 75.5. The van der Waals surface area contributed by atoms with Crippen molar-refractivity contribution in [2.75, 3.05) is 45.5 Å². The van der Waals surface area contributed by atoms with Gasteiger partial charge in [-0.05, 0) is 89.4 Å². The minimum absolute atomic E-state index is 0. The summed E-state index contributed by atoms with van der Waals surface area (Å²) in [5, 5.41) is 7.68. The molecule has 0 radical (unpaired) electrons. The second-order valence-corrected chi connectivity index (χ2v) is 39.2. The summed E-state index contributed by atoms with van der Waals surface area (Å²) in [5.41, 5.74) is -34.2. The van der Waals surface area contributed by atoms with E-state index in [2.05, 4.69) is 34.3 Å². The third kappa shape index (κ3) is 37.1. The van der Waals surface area contributed by atoms with Crippen LogP contribution in [-0.4, -0.2) is 146 Å². The molecule has 4 rings (SSSR count). The Balaban J connectivity index is 0. The van der Waals surface area contributed by atoms with Crippen molar-refractivity contribution in [3.05, 3.63) is 7.83 Å². The van der Waals surface area contributed by atoms with E-state index in [0.29, 0.717) is 12.3 Å². The van der Waals surface area contributed by atoms with Gasteiger partial charge in [0, 0.05) is 19.3 Å². The van der Waals surface area contributed by atoms with Gasteiger partial charge >= 0.3 is 78.9 Å². The maximum atomic E-state index is 12.0. The van der Waals surface area contributed by atoms with Crippen molar-refractivity contribution in [3.63, 3.8) is 0 Å². The van der Waals surface area contributed by atoms with Crippen LogP contribution in [0.5, 0.6) is 0 Å². The van der Waals surface area contributed by atoms with E-state index in [1.807, 2.05) is 0 Å². The first-order valence-corrected chi connectivity index (χ1v) is 44.6. The second kappa shape index (κ2) is 50.1. The average Bonchev–Trinajstić information content (AvgIpc) is 0.791. The molecule has 16 nitrogen and oxygen atoms in total. The molecule has 4 fully saturated rings. The van der Waals surface area contributed by atoms with E-state index in [0.717, 1.165) is 11.8 Å². The summed E-state index contributed by atoms with van der Waals surface area (Å²) in [4.78, 5) is 5.52. The molecule has 4 aliphatic heterocycles. The van der Waals surface area contributed by atoms with Crippen molar-refractivity contribution in [3.8, 4) is 0 Å². The van der Waals surface area contributed by atoms with Gasteiger partial charge in [0.05, 0.1) is 30.0 Å². The molecule has 0 aromatic carbocycles. The molecule has 0 aromatic heterocycles. The molecular weight excluding hydrogens is 1520 g/mol. The Labute approximate surface area is 637 Å². The first-order valence-electron chi connectivity index (χ1n) is 35.3. The number of nitrogens with one attached hydrogen (secondary N) is 2. The smallest absolute Gasteiger partial charge is 0.301 e. The quantitative estimate of drug-likeness (QED) is 0.0251. The average molecular weight is 1640 g/mol. The zero-order valence-electron chi connectivity index (χ0n) is 58.7. The molecule has 2 N–H and O–H groups in total. The number of nitrogens with zero attached hydrogens (tertiary/aromatic N) is 2. The molecule has 4 heterocycles. The standard InChI is InChI=1S/2C27H54N2.C4F9O6S3.C4H3F6O6S3.CH4.K/c2*1-2-3-4-5-6-7-8-9-10-11-12-13-14-15-16-17-21-26-22-18-19-24-29-25-20-23-28-27(26)29;5-2(6,7)20(14,15)1(21(16,17)3(8,9)10)22(18,19)4(11,12)13;1-17(11,12)2(18(13,14)3(5,6)7)19(15,16)4(8,9)10;;/h2*26-28H,2-25H2,1H3;;1H3;1H4;/q;;2*-1;;+1. The second-order valence-electron chi connectivity index (χ2n) is 26.3. The van der Waals surface area contributed by atoms with Gasteiger partial charge in [-0.3, -0.25) is 60.3 Å².